The van der Waals surface area contributed by atoms with Gasteiger partial charge in [0.15, 0.2) is 0 Å². The molecule has 27 heavy (non-hydrogen) atoms. The third kappa shape index (κ3) is 4.08. The zero-order valence-corrected chi connectivity index (χ0v) is 17.0. The van der Waals surface area contributed by atoms with Crippen LogP contribution in [0.3, 0.4) is 0 Å². The number of nitrogens with zero attached hydrogens (tertiary/aromatic N) is 1. The van der Waals surface area contributed by atoms with Gasteiger partial charge >= 0.3 is 0 Å². The first-order chi connectivity index (χ1) is 13.1. The Morgan fingerprint density at radius 1 is 0.963 bits per heavy atom. The maximum absolute atomic E-state index is 5.04. The van der Waals surface area contributed by atoms with Crippen molar-refractivity contribution < 1.29 is 0 Å². The Balaban J connectivity index is 1.72. The molecule has 1 aliphatic rings. The summed E-state index contributed by atoms with van der Waals surface area (Å²) in [5.41, 5.74) is 7.76. The number of benzene rings is 2. The predicted molar refractivity (Wildman–Crippen MR) is 116 cm³/mol. The quantitative estimate of drug-likeness (QED) is 0.472. The molecular weight excluding hydrogens is 326 g/mol. The molecule has 1 saturated carbocycles. The SMILES string of the molecule is Cc1cc(-c2ccc3c(CC(C)C)cccc3n2)cc(C2CCCCC2)c1. The molecule has 1 nitrogen and oxygen atoms in total. The Hall–Kier alpha value is -2.15. The van der Waals surface area contributed by atoms with Crippen LogP contribution in [0.15, 0.2) is 48.5 Å². The van der Waals surface area contributed by atoms with Gasteiger partial charge in [0.25, 0.3) is 0 Å². The lowest BCUT2D eigenvalue weighted by Gasteiger charge is -2.23. The van der Waals surface area contributed by atoms with Gasteiger partial charge in [-0.15, -0.1) is 0 Å². The van der Waals surface area contributed by atoms with Gasteiger partial charge in [-0.2, -0.15) is 0 Å². The van der Waals surface area contributed by atoms with Crippen molar-refractivity contribution in [1.29, 1.82) is 0 Å². The molecule has 1 aromatic heterocycles. The zero-order valence-electron chi connectivity index (χ0n) is 17.0. The summed E-state index contributed by atoms with van der Waals surface area (Å²) >= 11 is 0. The molecular formula is C26H31N. The lowest BCUT2D eigenvalue weighted by Crippen LogP contribution is -2.05. The van der Waals surface area contributed by atoms with Crippen molar-refractivity contribution in [2.24, 2.45) is 5.92 Å². The molecule has 0 spiro atoms. The summed E-state index contributed by atoms with van der Waals surface area (Å²) in [5.74, 6) is 1.39. The second-order valence-electron chi connectivity index (χ2n) is 8.75. The van der Waals surface area contributed by atoms with Crippen LogP contribution in [0.5, 0.6) is 0 Å². The normalized spacial score (nSPS) is 15.6. The van der Waals surface area contributed by atoms with Crippen LogP contribution in [0.25, 0.3) is 22.2 Å². The molecule has 1 heterocycles. The molecule has 140 valence electrons. The molecule has 0 unspecified atom stereocenters. The highest BCUT2D eigenvalue weighted by Crippen LogP contribution is 2.35. The maximum Gasteiger partial charge on any atom is 0.0712 e. The summed E-state index contributed by atoms with van der Waals surface area (Å²) in [7, 11) is 0. The van der Waals surface area contributed by atoms with Crippen molar-refractivity contribution in [3.63, 3.8) is 0 Å². The van der Waals surface area contributed by atoms with Gasteiger partial charge in [-0.25, -0.2) is 4.98 Å². The van der Waals surface area contributed by atoms with E-state index in [-0.39, 0.29) is 0 Å². The zero-order chi connectivity index (χ0) is 18.8. The largest absolute Gasteiger partial charge is 0.248 e. The van der Waals surface area contributed by atoms with Crippen LogP contribution in [0.4, 0.5) is 0 Å². The third-order valence-corrected chi connectivity index (χ3v) is 5.92. The van der Waals surface area contributed by atoms with Crippen molar-refractivity contribution in [1.82, 2.24) is 4.98 Å². The van der Waals surface area contributed by atoms with Crippen LogP contribution in [-0.2, 0) is 6.42 Å². The van der Waals surface area contributed by atoms with Crippen LogP contribution >= 0.6 is 0 Å². The molecule has 3 aromatic rings. The average molecular weight is 358 g/mol. The van der Waals surface area contributed by atoms with E-state index in [0.29, 0.717) is 5.92 Å². The summed E-state index contributed by atoms with van der Waals surface area (Å²) in [6.07, 6.45) is 7.94. The van der Waals surface area contributed by atoms with Gasteiger partial charge in [-0.05, 0) is 73.4 Å². The fraction of sp³-hybridized carbons (Fsp3) is 0.423. The monoisotopic (exact) mass is 357 g/mol. The highest BCUT2D eigenvalue weighted by Gasteiger charge is 2.17. The maximum atomic E-state index is 5.04. The smallest absolute Gasteiger partial charge is 0.0712 e. The standard InChI is InChI=1S/C26H31N/c1-18(2)14-21-10-7-11-26-24(21)12-13-25(27-26)23-16-19(3)15-22(17-23)20-8-5-4-6-9-20/h7,10-13,15-18,20H,4-6,8-9,14H2,1-3H3. The van der Waals surface area contributed by atoms with E-state index in [4.69, 9.17) is 4.98 Å². The van der Waals surface area contributed by atoms with Gasteiger partial charge in [0, 0.05) is 10.9 Å². The molecule has 0 aliphatic heterocycles. The van der Waals surface area contributed by atoms with Gasteiger partial charge in [0.1, 0.15) is 0 Å². The van der Waals surface area contributed by atoms with E-state index in [1.54, 1.807) is 0 Å². The second-order valence-corrected chi connectivity index (χ2v) is 8.75. The van der Waals surface area contributed by atoms with Crippen LogP contribution in [0.1, 0.15) is 68.6 Å². The molecule has 0 radical (unpaired) electrons. The van der Waals surface area contributed by atoms with Gasteiger partial charge in [-0.1, -0.05) is 62.9 Å². The Morgan fingerprint density at radius 3 is 2.56 bits per heavy atom. The van der Waals surface area contributed by atoms with Crippen LogP contribution in [0, 0.1) is 12.8 Å². The minimum atomic E-state index is 0.658. The van der Waals surface area contributed by atoms with Crippen molar-refractivity contribution in [3.8, 4) is 11.3 Å². The molecule has 2 aromatic carbocycles. The number of rotatable bonds is 4. The van der Waals surface area contributed by atoms with Crippen molar-refractivity contribution >= 4 is 10.9 Å². The molecule has 0 atom stereocenters. The van der Waals surface area contributed by atoms with Gasteiger partial charge in [0.05, 0.1) is 11.2 Å². The molecule has 0 amide bonds. The van der Waals surface area contributed by atoms with Crippen LogP contribution in [0.2, 0.25) is 0 Å². The molecule has 1 aliphatic carbocycles. The van der Waals surface area contributed by atoms with E-state index in [1.165, 1.54) is 59.7 Å². The molecule has 4 rings (SSSR count). The predicted octanol–water partition coefficient (Wildman–Crippen LogP) is 7.46. The Kier molecular flexibility index (Phi) is 5.29. The summed E-state index contributed by atoms with van der Waals surface area (Å²) in [5, 5.41) is 1.30. The van der Waals surface area contributed by atoms with E-state index >= 15 is 0 Å². The molecule has 0 saturated heterocycles. The van der Waals surface area contributed by atoms with Crippen molar-refractivity contribution in [3.05, 3.63) is 65.2 Å². The fourth-order valence-electron chi connectivity index (χ4n) is 4.63. The fourth-order valence-corrected chi connectivity index (χ4v) is 4.63. The highest BCUT2D eigenvalue weighted by molar-refractivity contribution is 5.84. The minimum absolute atomic E-state index is 0.658. The Bertz CT molecular complexity index is 932. The molecule has 0 bridgehead atoms. The third-order valence-electron chi connectivity index (χ3n) is 5.92. The average Bonchev–Trinajstić information content (AvgIpc) is 2.67. The number of hydrogen-bond acceptors (Lipinski definition) is 1. The number of aromatic nitrogens is 1. The number of fused-ring (bicyclic) bond motifs is 1. The summed E-state index contributed by atoms with van der Waals surface area (Å²) < 4.78 is 0. The topological polar surface area (TPSA) is 12.9 Å². The van der Waals surface area contributed by atoms with E-state index in [2.05, 4.69) is 69.3 Å². The van der Waals surface area contributed by atoms with Gasteiger partial charge in [-0.3, -0.25) is 0 Å². The van der Waals surface area contributed by atoms with Crippen LogP contribution < -0.4 is 0 Å². The summed E-state index contributed by atoms with van der Waals surface area (Å²) in [4.78, 5) is 5.04. The van der Waals surface area contributed by atoms with Crippen molar-refractivity contribution in [2.45, 2.75) is 65.2 Å². The Morgan fingerprint density at radius 2 is 1.78 bits per heavy atom. The van der Waals surface area contributed by atoms with Gasteiger partial charge < -0.3 is 0 Å². The number of hydrogen-bond donors (Lipinski definition) is 0. The number of aryl methyl sites for hydroxylation is 1. The van der Waals surface area contributed by atoms with E-state index in [9.17, 15) is 0 Å². The Labute approximate surface area is 163 Å². The van der Waals surface area contributed by atoms with E-state index in [0.717, 1.165) is 23.5 Å². The van der Waals surface area contributed by atoms with E-state index < -0.39 is 0 Å². The summed E-state index contributed by atoms with van der Waals surface area (Å²) in [6.45, 7) is 6.78. The first kappa shape index (κ1) is 18.2. The van der Waals surface area contributed by atoms with Crippen molar-refractivity contribution in [2.75, 3.05) is 0 Å². The second kappa shape index (κ2) is 7.84. The molecule has 1 fully saturated rings. The first-order valence-corrected chi connectivity index (χ1v) is 10.6. The molecule has 1 heteroatoms. The lowest BCUT2D eigenvalue weighted by atomic mass is 9.83. The minimum Gasteiger partial charge on any atom is -0.248 e. The lowest BCUT2D eigenvalue weighted by molar-refractivity contribution is 0.443. The summed E-state index contributed by atoms with van der Waals surface area (Å²) in [6, 6.07) is 18.1. The van der Waals surface area contributed by atoms with E-state index in [1.807, 2.05) is 0 Å². The molecule has 0 N–H and O–H groups in total. The highest BCUT2D eigenvalue weighted by atomic mass is 14.7. The van der Waals surface area contributed by atoms with Crippen LogP contribution in [-0.4, -0.2) is 4.98 Å². The first-order valence-electron chi connectivity index (χ1n) is 10.6. The number of pyridine rings is 1. The van der Waals surface area contributed by atoms with Gasteiger partial charge in [0.2, 0.25) is 0 Å².